The van der Waals surface area contributed by atoms with Crippen LogP contribution in [-0.2, 0) is 38.2 Å². The van der Waals surface area contributed by atoms with E-state index in [4.69, 9.17) is 9.47 Å². The number of ether oxygens (including phenoxy) is 2. The third-order valence-electron chi connectivity index (χ3n) is 7.55. The minimum absolute atomic E-state index is 0.272. The second-order valence-electron chi connectivity index (χ2n) is 9.65. The summed E-state index contributed by atoms with van der Waals surface area (Å²) in [5.74, 6) is -11.4. The third kappa shape index (κ3) is 6.01. The lowest BCUT2D eigenvalue weighted by atomic mass is 9.78. The highest BCUT2D eigenvalue weighted by atomic mass is 16.6. The summed E-state index contributed by atoms with van der Waals surface area (Å²) in [7, 11) is 0. The van der Waals surface area contributed by atoms with Crippen molar-refractivity contribution in [1.82, 2.24) is 0 Å². The first-order valence-corrected chi connectivity index (χ1v) is 12.2. The van der Waals surface area contributed by atoms with Crippen molar-refractivity contribution in [2.75, 3.05) is 0 Å². The van der Waals surface area contributed by atoms with Crippen LogP contribution >= 0.6 is 0 Å². The highest BCUT2D eigenvalue weighted by molar-refractivity contribution is 5.95. The molecule has 0 bridgehead atoms. The molecule has 3 fully saturated rings. The number of carbonyl (C=O) groups excluding carboxylic acids is 4. The smallest absolute Gasteiger partial charge is 0.317 e. The normalized spacial score (nSPS) is 31.6. The molecule has 10 nitrogen and oxygen atoms in total. The average Bonchev–Trinajstić information content (AvgIpc) is 2.83. The Labute approximate surface area is 197 Å². The molecule has 2 N–H and O–H groups in total. The summed E-state index contributed by atoms with van der Waals surface area (Å²) in [6.07, 6.45) is 5.79. The summed E-state index contributed by atoms with van der Waals surface area (Å²) < 4.78 is 10.1. The van der Waals surface area contributed by atoms with Gasteiger partial charge in [0.05, 0.1) is 35.5 Å². The van der Waals surface area contributed by atoms with Gasteiger partial charge in [0, 0.05) is 0 Å². The maximum atomic E-state index is 12.8. The van der Waals surface area contributed by atoms with E-state index in [-0.39, 0.29) is 12.8 Å². The molecule has 0 saturated heterocycles. The minimum Gasteiger partial charge on any atom is -0.481 e. The largest absolute Gasteiger partial charge is 0.481 e. The Morgan fingerprint density at radius 1 is 0.412 bits per heavy atom. The molecule has 6 unspecified atom stereocenters. The van der Waals surface area contributed by atoms with Crippen molar-refractivity contribution in [3.05, 3.63) is 0 Å². The predicted molar refractivity (Wildman–Crippen MR) is 114 cm³/mol. The lowest BCUT2D eigenvalue weighted by molar-refractivity contribution is -0.179. The molecular weight excluding hydrogens is 448 g/mol. The topological polar surface area (TPSA) is 161 Å². The van der Waals surface area contributed by atoms with E-state index in [0.717, 1.165) is 0 Å². The number of carbonyl (C=O) groups is 6. The average molecular weight is 481 g/mol. The number of aliphatic carboxylic acids is 2. The Hall–Kier alpha value is -2.78. The van der Waals surface area contributed by atoms with Gasteiger partial charge >= 0.3 is 35.8 Å². The number of carboxylic acids is 2. The second kappa shape index (κ2) is 11.6. The van der Waals surface area contributed by atoms with Gasteiger partial charge in [0.2, 0.25) is 0 Å². The van der Waals surface area contributed by atoms with Gasteiger partial charge < -0.3 is 19.7 Å². The van der Waals surface area contributed by atoms with E-state index in [0.29, 0.717) is 64.2 Å². The molecule has 0 radical (unpaired) electrons. The molecule has 3 rings (SSSR count). The highest BCUT2D eigenvalue weighted by Crippen LogP contribution is 2.36. The van der Waals surface area contributed by atoms with Gasteiger partial charge in [-0.15, -0.1) is 0 Å². The van der Waals surface area contributed by atoms with Crippen molar-refractivity contribution in [3.63, 3.8) is 0 Å². The van der Waals surface area contributed by atoms with Gasteiger partial charge in [-0.3, -0.25) is 28.8 Å². The molecule has 6 atom stereocenters. The molecule has 34 heavy (non-hydrogen) atoms. The maximum absolute atomic E-state index is 12.8. The van der Waals surface area contributed by atoms with Gasteiger partial charge in [-0.2, -0.15) is 0 Å². The van der Waals surface area contributed by atoms with E-state index in [9.17, 15) is 39.0 Å². The zero-order valence-corrected chi connectivity index (χ0v) is 19.1. The van der Waals surface area contributed by atoms with Crippen LogP contribution in [0.25, 0.3) is 0 Å². The highest BCUT2D eigenvalue weighted by Gasteiger charge is 2.44. The van der Waals surface area contributed by atoms with Gasteiger partial charge in [0.1, 0.15) is 0 Å². The molecule has 0 aliphatic heterocycles. The van der Waals surface area contributed by atoms with Crippen LogP contribution in [-0.4, -0.2) is 46.0 Å². The minimum atomic E-state index is -1.10. The number of carboxylic acid groups (broad SMARTS) is 2. The molecule has 3 saturated carbocycles. The van der Waals surface area contributed by atoms with E-state index in [1.807, 2.05) is 0 Å². The monoisotopic (exact) mass is 480 g/mol. The molecule has 3 aliphatic rings. The molecule has 0 amide bonds. The van der Waals surface area contributed by atoms with Crippen LogP contribution in [0.15, 0.2) is 0 Å². The zero-order valence-electron chi connectivity index (χ0n) is 19.1. The fraction of sp³-hybridized carbons (Fsp3) is 0.750. The lowest BCUT2D eigenvalue weighted by Crippen LogP contribution is -2.41. The summed E-state index contributed by atoms with van der Waals surface area (Å²) in [6.45, 7) is 0. The molecular formula is C24H32O10. The van der Waals surface area contributed by atoms with Crippen molar-refractivity contribution >= 4 is 35.8 Å². The quantitative estimate of drug-likeness (QED) is 0.427. The fourth-order valence-electron chi connectivity index (χ4n) is 5.61. The zero-order chi connectivity index (χ0) is 24.8. The molecule has 0 heterocycles. The second-order valence-corrected chi connectivity index (χ2v) is 9.65. The Morgan fingerprint density at radius 3 is 0.853 bits per heavy atom. The number of hydrogen-bond acceptors (Lipinski definition) is 8. The van der Waals surface area contributed by atoms with Crippen LogP contribution < -0.4 is 0 Å². The van der Waals surface area contributed by atoms with Crippen LogP contribution in [0.1, 0.15) is 77.0 Å². The molecule has 188 valence electrons. The molecule has 0 aromatic carbocycles. The van der Waals surface area contributed by atoms with Gasteiger partial charge in [0.15, 0.2) is 0 Å². The number of esters is 4. The Balaban J connectivity index is 1.63. The van der Waals surface area contributed by atoms with E-state index < -0.39 is 71.3 Å². The number of hydrogen-bond donors (Lipinski definition) is 2. The van der Waals surface area contributed by atoms with Gasteiger partial charge in [0.25, 0.3) is 0 Å². The van der Waals surface area contributed by atoms with Crippen LogP contribution in [0.5, 0.6) is 0 Å². The predicted octanol–water partition coefficient (Wildman–Crippen LogP) is 2.71. The molecule has 0 aromatic heterocycles. The summed E-state index contributed by atoms with van der Waals surface area (Å²) in [6, 6.07) is 0. The third-order valence-corrected chi connectivity index (χ3v) is 7.55. The first-order chi connectivity index (χ1) is 16.2. The van der Waals surface area contributed by atoms with Crippen molar-refractivity contribution in [3.8, 4) is 0 Å². The summed E-state index contributed by atoms with van der Waals surface area (Å²) >= 11 is 0. The van der Waals surface area contributed by atoms with Gasteiger partial charge in [-0.1, -0.05) is 38.5 Å². The van der Waals surface area contributed by atoms with Crippen LogP contribution in [0.4, 0.5) is 0 Å². The van der Waals surface area contributed by atoms with E-state index >= 15 is 0 Å². The molecule has 3 aliphatic carbocycles. The molecule has 10 heteroatoms. The summed E-state index contributed by atoms with van der Waals surface area (Å²) in [4.78, 5) is 73.8. The van der Waals surface area contributed by atoms with Crippen LogP contribution in [0, 0.1) is 35.5 Å². The van der Waals surface area contributed by atoms with Crippen molar-refractivity contribution < 1.29 is 48.5 Å². The number of rotatable bonds is 6. The maximum Gasteiger partial charge on any atom is 0.317 e. The Morgan fingerprint density at radius 2 is 0.618 bits per heavy atom. The Kier molecular flexibility index (Phi) is 8.79. The van der Waals surface area contributed by atoms with Gasteiger partial charge in [-0.25, -0.2) is 0 Å². The summed E-state index contributed by atoms with van der Waals surface area (Å²) in [5.41, 5.74) is 0. The van der Waals surface area contributed by atoms with Gasteiger partial charge in [-0.05, 0) is 38.5 Å². The molecule has 0 spiro atoms. The van der Waals surface area contributed by atoms with Crippen molar-refractivity contribution in [2.24, 2.45) is 35.5 Å². The first-order valence-electron chi connectivity index (χ1n) is 12.2. The SMILES string of the molecule is O=C(O)C1CCCCC1C(=O)OC(=O)C1CCCCC1C(=O)OC(=O)C1CCCCC1C(=O)O. The van der Waals surface area contributed by atoms with E-state index in [2.05, 4.69) is 0 Å². The van der Waals surface area contributed by atoms with E-state index in [1.54, 1.807) is 0 Å². The summed E-state index contributed by atoms with van der Waals surface area (Å²) in [5, 5.41) is 18.8. The van der Waals surface area contributed by atoms with Crippen LogP contribution in [0.3, 0.4) is 0 Å². The van der Waals surface area contributed by atoms with E-state index in [1.165, 1.54) is 0 Å². The van der Waals surface area contributed by atoms with Crippen molar-refractivity contribution in [1.29, 1.82) is 0 Å². The standard InChI is InChI=1S/C24H32O10/c25-19(26)13-7-1-3-9-15(13)21(29)33-23(31)17-11-5-6-12-18(17)24(32)34-22(30)16-10-4-2-8-14(16)20(27)28/h13-18H,1-12H2,(H,25,26)(H,27,28). The lowest BCUT2D eigenvalue weighted by Gasteiger charge is -2.30. The first kappa shape index (κ1) is 25.8. The van der Waals surface area contributed by atoms with Crippen molar-refractivity contribution in [2.45, 2.75) is 77.0 Å². The Bertz CT molecular complexity index is 766. The fourth-order valence-corrected chi connectivity index (χ4v) is 5.61. The van der Waals surface area contributed by atoms with Crippen LogP contribution in [0.2, 0.25) is 0 Å². The molecule has 0 aromatic rings.